The fraction of sp³-hybridized carbons (Fsp3) is 0.304. The van der Waals surface area contributed by atoms with Gasteiger partial charge in [0.2, 0.25) is 5.91 Å². The molecule has 1 amide bonds. The average molecular weight is 390 g/mol. The van der Waals surface area contributed by atoms with Gasteiger partial charge in [-0.3, -0.25) is 14.4 Å². The summed E-state index contributed by atoms with van der Waals surface area (Å²) in [5.41, 5.74) is 3.49. The van der Waals surface area contributed by atoms with Gasteiger partial charge in [0, 0.05) is 37.1 Å². The first-order valence-electron chi connectivity index (χ1n) is 9.88. The van der Waals surface area contributed by atoms with Crippen LogP contribution in [0.2, 0.25) is 0 Å². The van der Waals surface area contributed by atoms with E-state index in [9.17, 15) is 4.79 Å². The maximum atomic E-state index is 12.3. The molecular formula is C23H26N4O2. The number of rotatable bonds is 7. The highest BCUT2D eigenvalue weighted by molar-refractivity contribution is 5.79. The van der Waals surface area contributed by atoms with E-state index < -0.39 is 0 Å². The molecule has 4 rings (SSSR count). The van der Waals surface area contributed by atoms with Crippen LogP contribution in [0.4, 0.5) is 0 Å². The second kappa shape index (κ2) is 8.92. The van der Waals surface area contributed by atoms with E-state index in [1.54, 1.807) is 13.3 Å². The molecule has 3 aromatic rings. The molecule has 0 spiro atoms. The van der Waals surface area contributed by atoms with Crippen LogP contribution in [0.5, 0.6) is 5.75 Å². The first kappa shape index (κ1) is 19.2. The minimum atomic E-state index is 0.0856. The zero-order valence-electron chi connectivity index (χ0n) is 16.6. The molecule has 0 unspecified atom stereocenters. The standard InChI is InChI=1S/C23H26N4O2/c1-29-22-9-8-19(12-20(22)15-27-11-5-10-24-27)14-26-16-21(25-23(28)17-26)13-18-6-3-2-4-7-18/h2-12,21H,13-17H2,1H3,(H,25,28)/t21-/m0/s1. The summed E-state index contributed by atoms with van der Waals surface area (Å²) in [6.45, 7) is 2.64. The lowest BCUT2D eigenvalue weighted by Gasteiger charge is -2.33. The molecule has 6 nitrogen and oxygen atoms in total. The summed E-state index contributed by atoms with van der Waals surface area (Å²) in [4.78, 5) is 14.5. The number of nitrogens with one attached hydrogen (secondary N) is 1. The van der Waals surface area contributed by atoms with Crippen LogP contribution in [-0.2, 0) is 24.3 Å². The molecule has 2 aromatic carbocycles. The van der Waals surface area contributed by atoms with Crippen molar-refractivity contribution in [3.05, 3.63) is 83.7 Å². The van der Waals surface area contributed by atoms with E-state index in [1.165, 1.54) is 11.1 Å². The highest BCUT2D eigenvalue weighted by Gasteiger charge is 2.25. The molecule has 1 fully saturated rings. The SMILES string of the molecule is COc1ccc(CN2CC(=O)N[C@@H](Cc3ccccc3)C2)cc1Cn1cccn1. The molecular weight excluding hydrogens is 364 g/mol. The predicted octanol–water partition coefficient (Wildman–Crippen LogP) is 2.48. The molecule has 150 valence electrons. The second-order valence-electron chi connectivity index (χ2n) is 7.47. The van der Waals surface area contributed by atoms with Crippen molar-refractivity contribution in [3.63, 3.8) is 0 Å². The van der Waals surface area contributed by atoms with Crippen molar-refractivity contribution in [3.8, 4) is 5.75 Å². The van der Waals surface area contributed by atoms with E-state index in [-0.39, 0.29) is 11.9 Å². The van der Waals surface area contributed by atoms with Crippen molar-refractivity contribution in [2.45, 2.75) is 25.6 Å². The Labute approximate surface area is 171 Å². The fourth-order valence-electron chi connectivity index (χ4n) is 3.91. The highest BCUT2D eigenvalue weighted by Crippen LogP contribution is 2.22. The lowest BCUT2D eigenvalue weighted by atomic mass is 10.0. The lowest BCUT2D eigenvalue weighted by Crippen LogP contribution is -2.54. The Morgan fingerprint density at radius 1 is 1.10 bits per heavy atom. The van der Waals surface area contributed by atoms with Crippen LogP contribution in [0.3, 0.4) is 0 Å². The summed E-state index contributed by atoms with van der Waals surface area (Å²) >= 11 is 0. The number of hydrogen-bond acceptors (Lipinski definition) is 4. The Kier molecular flexibility index (Phi) is 5.91. The third-order valence-electron chi connectivity index (χ3n) is 5.18. The molecule has 0 radical (unpaired) electrons. The Balaban J connectivity index is 1.45. The maximum Gasteiger partial charge on any atom is 0.234 e. The third-order valence-corrected chi connectivity index (χ3v) is 5.18. The predicted molar refractivity (Wildman–Crippen MR) is 112 cm³/mol. The molecule has 2 heterocycles. The van der Waals surface area contributed by atoms with E-state index in [4.69, 9.17) is 4.74 Å². The maximum absolute atomic E-state index is 12.3. The quantitative estimate of drug-likeness (QED) is 0.673. The van der Waals surface area contributed by atoms with Gasteiger partial charge in [0.25, 0.3) is 0 Å². The van der Waals surface area contributed by atoms with Gasteiger partial charge in [-0.25, -0.2) is 0 Å². The van der Waals surface area contributed by atoms with E-state index >= 15 is 0 Å². The molecule has 1 aliphatic rings. The van der Waals surface area contributed by atoms with Crippen molar-refractivity contribution in [1.82, 2.24) is 20.0 Å². The van der Waals surface area contributed by atoms with Gasteiger partial charge in [0.1, 0.15) is 5.75 Å². The van der Waals surface area contributed by atoms with Gasteiger partial charge in [0.05, 0.1) is 20.2 Å². The molecule has 1 aliphatic heterocycles. The summed E-state index contributed by atoms with van der Waals surface area (Å²) in [6.07, 6.45) is 4.56. The number of methoxy groups -OCH3 is 1. The molecule has 1 N–H and O–H groups in total. The van der Waals surface area contributed by atoms with E-state index in [2.05, 4.69) is 39.6 Å². The van der Waals surface area contributed by atoms with E-state index in [0.717, 1.165) is 30.8 Å². The highest BCUT2D eigenvalue weighted by atomic mass is 16.5. The first-order chi connectivity index (χ1) is 14.2. The van der Waals surface area contributed by atoms with Gasteiger partial charge in [0.15, 0.2) is 0 Å². The number of ether oxygens (including phenoxy) is 1. The van der Waals surface area contributed by atoms with Crippen LogP contribution in [0.15, 0.2) is 67.0 Å². The topological polar surface area (TPSA) is 59.4 Å². The van der Waals surface area contributed by atoms with Crippen molar-refractivity contribution in [1.29, 1.82) is 0 Å². The van der Waals surface area contributed by atoms with Crippen LogP contribution in [0, 0.1) is 0 Å². The average Bonchev–Trinajstić information content (AvgIpc) is 3.22. The number of carbonyl (C=O) groups excluding carboxylic acids is 1. The summed E-state index contributed by atoms with van der Waals surface area (Å²) in [5, 5.41) is 7.42. The zero-order valence-corrected chi connectivity index (χ0v) is 16.6. The second-order valence-corrected chi connectivity index (χ2v) is 7.47. The molecule has 0 aliphatic carbocycles. The molecule has 6 heteroatoms. The molecule has 0 bridgehead atoms. The molecule has 1 atom stereocenters. The number of amides is 1. The molecule has 1 saturated heterocycles. The largest absolute Gasteiger partial charge is 0.496 e. The number of aromatic nitrogens is 2. The van der Waals surface area contributed by atoms with Gasteiger partial charge in [-0.05, 0) is 35.7 Å². The lowest BCUT2D eigenvalue weighted by molar-refractivity contribution is -0.125. The number of piperazine rings is 1. The smallest absolute Gasteiger partial charge is 0.234 e. The van der Waals surface area contributed by atoms with E-state index in [1.807, 2.05) is 41.2 Å². The monoisotopic (exact) mass is 390 g/mol. The van der Waals surface area contributed by atoms with Crippen molar-refractivity contribution >= 4 is 5.91 Å². The number of benzene rings is 2. The van der Waals surface area contributed by atoms with Crippen LogP contribution >= 0.6 is 0 Å². The van der Waals surface area contributed by atoms with Gasteiger partial charge in [-0.2, -0.15) is 5.10 Å². The summed E-state index contributed by atoms with van der Waals surface area (Å²) in [5.74, 6) is 0.935. The minimum Gasteiger partial charge on any atom is -0.496 e. The van der Waals surface area contributed by atoms with Crippen LogP contribution in [0.1, 0.15) is 16.7 Å². The van der Waals surface area contributed by atoms with Gasteiger partial charge in [-0.15, -0.1) is 0 Å². The molecule has 29 heavy (non-hydrogen) atoms. The van der Waals surface area contributed by atoms with Crippen LogP contribution in [-0.4, -0.2) is 46.8 Å². The Hall–Kier alpha value is -3.12. The Morgan fingerprint density at radius 2 is 1.97 bits per heavy atom. The first-order valence-corrected chi connectivity index (χ1v) is 9.88. The third kappa shape index (κ3) is 5.03. The van der Waals surface area contributed by atoms with Crippen molar-refractivity contribution in [2.24, 2.45) is 0 Å². The van der Waals surface area contributed by atoms with E-state index in [0.29, 0.717) is 13.1 Å². The number of nitrogens with zero attached hydrogens (tertiary/aromatic N) is 3. The molecule has 0 saturated carbocycles. The van der Waals surface area contributed by atoms with Gasteiger partial charge in [-0.1, -0.05) is 36.4 Å². The Bertz CT molecular complexity index is 941. The fourth-order valence-corrected chi connectivity index (χ4v) is 3.91. The summed E-state index contributed by atoms with van der Waals surface area (Å²) < 4.78 is 7.40. The number of hydrogen-bond donors (Lipinski definition) is 1. The summed E-state index contributed by atoms with van der Waals surface area (Å²) in [7, 11) is 1.69. The van der Waals surface area contributed by atoms with Crippen LogP contribution < -0.4 is 10.1 Å². The minimum absolute atomic E-state index is 0.0856. The van der Waals surface area contributed by atoms with Crippen molar-refractivity contribution < 1.29 is 9.53 Å². The molecule has 1 aromatic heterocycles. The van der Waals surface area contributed by atoms with Crippen molar-refractivity contribution in [2.75, 3.05) is 20.2 Å². The van der Waals surface area contributed by atoms with Gasteiger partial charge < -0.3 is 10.1 Å². The van der Waals surface area contributed by atoms with Gasteiger partial charge >= 0.3 is 0 Å². The summed E-state index contributed by atoms with van der Waals surface area (Å²) in [6, 6.07) is 18.6. The Morgan fingerprint density at radius 3 is 2.72 bits per heavy atom. The van der Waals surface area contributed by atoms with Crippen LogP contribution in [0.25, 0.3) is 0 Å². The number of carbonyl (C=O) groups is 1. The zero-order chi connectivity index (χ0) is 20.1. The normalized spacial score (nSPS) is 17.1.